The van der Waals surface area contributed by atoms with Gasteiger partial charge in [-0.3, -0.25) is 4.79 Å². The van der Waals surface area contributed by atoms with Crippen molar-refractivity contribution in [3.63, 3.8) is 0 Å². The zero-order valence-electron chi connectivity index (χ0n) is 14.3. The van der Waals surface area contributed by atoms with Gasteiger partial charge in [0.25, 0.3) is 5.91 Å². The molecule has 0 radical (unpaired) electrons. The summed E-state index contributed by atoms with van der Waals surface area (Å²) < 4.78 is 5.19. The van der Waals surface area contributed by atoms with Gasteiger partial charge < -0.3 is 15.0 Å². The van der Waals surface area contributed by atoms with Crippen LogP contribution in [0.3, 0.4) is 0 Å². The van der Waals surface area contributed by atoms with Gasteiger partial charge in [0.15, 0.2) is 0 Å². The maximum absolute atomic E-state index is 12.4. The second-order valence-corrected chi connectivity index (χ2v) is 6.01. The number of anilines is 1. The van der Waals surface area contributed by atoms with Crippen LogP contribution < -0.4 is 10.1 Å². The van der Waals surface area contributed by atoms with Crippen LogP contribution in [0, 0.1) is 0 Å². The molecule has 2 N–H and O–H groups in total. The van der Waals surface area contributed by atoms with Crippen LogP contribution in [0.15, 0.2) is 60.8 Å². The van der Waals surface area contributed by atoms with Crippen molar-refractivity contribution in [3.05, 3.63) is 83.2 Å². The van der Waals surface area contributed by atoms with E-state index in [1.54, 1.807) is 7.11 Å². The molecule has 1 amide bonds. The summed E-state index contributed by atoms with van der Waals surface area (Å²) >= 11 is 0. The van der Waals surface area contributed by atoms with Crippen LogP contribution in [0.4, 0.5) is 5.69 Å². The molecule has 26 heavy (non-hydrogen) atoms. The third kappa shape index (κ3) is 3.05. The van der Waals surface area contributed by atoms with Gasteiger partial charge in [-0.2, -0.15) is 0 Å². The third-order valence-corrected chi connectivity index (χ3v) is 4.35. The van der Waals surface area contributed by atoms with Crippen LogP contribution in [0.25, 0.3) is 23.8 Å². The fraction of sp³-hybridized carbons (Fsp3) is 0.0455. The van der Waals surface area contributed by atoms with Gasteiger partial charge in [0.2, 0.25) is 0 Å². The normalized spacial score (nSPS) is 14.7. The van der Waals surface area contributed by atoms with Gasteiger partial charge >= 0.3 is 0 Å². The number of carbonyl (C=O) groups excluding carboxylic acids is 1. The molecule has 0 fully saturated rings. The number of aromatic amines is 1. The van der Waals surface area contributed by atoms with Crippen molar-refractivity contribution >= 4 is 35.4 Å². The molecule has 0 aliphatic carbocycles. The number of ether oxygens (including phenoxy) is 1. The smallest absolute Gasteiger partial charge is 0.256 e. The molecule has 4 nitrogen and oxygen atoms in total. The Morgan fingerprint density at radius 1 is 0.962 bits per heavy atom. The average Bonchev–Trinajstić information content (AvgIpc) is 3.29. The van der Waals surface area contributed by atoms with Crippen LogP contribution >= 0.6 is 0 Å². The van der Waals surface area contributed by atoms with E-state index >= 15 is 0 Å². The standard InChI is InChI=1S/C22H18N2O2/c1-26-18-11-8-15(9-12-18)7-10-16-4-2-6-20-21(16)19(22(25)24-20)14-17-5-3-13-23-17/h2-14,23H,1H3,(H,24,25)/b10-7+,19-14?. The lowest BCUT2D eigenvalue weighted by molar-refractivity contribution is -0.110. The van der Waals surface area contributed by atoms with Gasteiger partial charge in [0.1, 0.15) is 5.75 Å². The predicted octanol–water partition coefficient (Wildman–Crippen LogP) is 4.69. The zero-order chi connectivity index (χ0) is 17.9. The minimum atomic E-state index is -0.0834. The van der Waals surface area contributed by atoms with Gasteiger partial charge in [0, 0.05) is 23.1 Å². The maximum atomic E-state index is 12.4. The molecule has 0 saturated carbocycles. The molecular weight excluding hydrogens is 324 g/mol. The topological polar surface area (TPSA) is 54.1 Å². The highest BCUT2D eigenvalue weighted by Crippen LogP contribution is 2.36. The molecule has 4 rings (SSSR count). The number of carbonyl (C=O) groups is 1. The number of fused-ring (bicyclic) bond motifs is 1. The molecule has 2 aromatic carbocycles. The zero-order valence-corrected chi connectivity index (χ0v) is 14.3. The summed E-state index contributed by atoms with van der Waals surface area (Å²) in [4.78, 5) is 15.5. The monoisotopic (exact) mass is 342 g/mol. The minimum absolute atomic E-state index is 0.0834. The van der Waals surface area contributed by atoms with Crippen molar-refractivity contribution in [2.24, 2.45) is 0 Å². The van der Waals surface area contributed by atoms with E-state index in [2.05, 4.69) is 10.3 Å². The number of rotatable bonds is 4. The van der Waals surface area contributed by atoms with E-state index in [-0.39, 0.29) is 5.91 Å². The van der Waals surface area contributed by atoms with Crippen LogP contribution in [0.2, 0.25) is 0 Å². The Bertz CT molecular complexity index is 997. The maximum Gasteiger partial charge on any atom is 0.256 e. The molecule has 1 aromatic heterocycles. The first kappa shape index (κ1) is 16.0. The Hall–Kier alpha value is -3.53. The number of methoxy groups -OCH3 is 1. The average molecular weight is 342 g/mol. The molecular formula is C22H18N2O2. The van der Waals surface area contributed by atoms with Gasteiger partial charge in [-0.05, 0) is 47.5 Å². The van der Waals surface area contributed by atoms with Crippen LogP contribution in [0.5, 0.6) is 5.75 Å². The lowest BCUT2D eigenvalue weighted by Crippen LogP contribution is -2.03. The fourth-order valence-electron chi connectivity index (χ4n) is 3.05. The van der Waals surface area contributed by atoms with Crippen molar-refractivity contribution < 1.29 is 9.53 Å². The van der Waals surface area contributed by atoms with Crippen molar-refractivity contribution in [1.29, 1.82) is 0 Å². The Morgan fingerprint density at radius 3 is 2.54 bits per heavy atom. The summed E-state index contributed by atoms with van der Waals surface area (Å²) in [5, 5.41) is 2.94. The number of hydrogen-bond donors (Lipinski definition) is 2. The second kappa shape index (κ2) is 6.76. The van der Waals surface area contributed by atoms with E-state index in [9.17, 15) is 4.79 Å². The molecule has 0 unspecified atom stereocenters. The van der Waals surface area contributed by atoms with Gasteiger partial charge in [0.05, 0.1) is 12.7 Å². The van der Waals surface area contributed by atoms with E-state index in [0.717, 1.165) is 33.8 Å². The first-order chi connectivity index (χ1) is 12.7. The van der Waals surface area contributed by atoms with E-state index in [4.69, 9.17) is 4.74 Å². The third-order valence-electron chi connectivity index (χ3n) is 4.35. The number of nitrogens with one attached hydrogen (secondary N) is 2. The lowest BCUT2D eigenvalue weighted by Gasteiger charge is -2.04. The summed E-state index contributed by atoms with van der Waals surface area (Å²) in [7, 11) is 1.65. The van der Waals surface area contributed by atoms with Gasteiger partial charge in [-0.1, -0.05) is 36.4 Å². The molecule has 3 aromatic rings. The SMILES string of the molecule is COc1ccc(/C=C/c2cccc3c2C(=Cc2ccc[nH]2)C(=O)N3)cc1. The summed E-state index contributed by atoms with van der Waals surface area (Å²) in [6.07, 6.45) is 7.79. The number of H-pyrrole nitrogens is 1. The molecule has 0 spiro atoms. The highest BCUT2D eigenvalue weighted by Gasteiger charge is 2.26. The highest BCUT2D eigenvalue weighted by molar-refractivity contribution is 6.35. The lowest BCUT2D eigenvalue weighted by atomic mass is 9.98. The number of hydrogen-bond acceptors (Lipinski definition) is 2. The van der Waals surface area contributed by atoms with E-state index in [1.807, 2.05) is 79.0 Å². The predicted molar refractivity (Wildman–Crippen MR) is 106 cm³/mol. The largest absolute Gasteiger partial charge is 0.497 e. The minimum Gasteiger partial charge on any atom is -0.497 e. The molecule has 1 aliphatic rings. The summed E-state index contributed by atoms with van der Waals surface area (Å²) in [5.74, 6) is 0.744. The Kier molecular flexibility index (Phi) is 4.15. The van der Waals surface area contributed by atoms with E-state index < -0.39 is 0 Å². The number of amides is 1. The molecule has 0 bridgehead atoms. The van der Waals surface area contributed by atoms with Gasteiger partial charge in [-0.15, -0.1) is 0 Å². The summed E-state index contributed by atoms with van der Waals surface area (Å²) in [5.41, 5.74) is 5.39. The van der Waals surface area contributed by atoms with E-state index in [1.165, 1.54) is 0 Å². The Labute approximate surface area is 151 Å². The quantitative estimate of drug-likeness (QED) is 0.534. The molecule has 128 valence electrons. The molecule has 4 heteroatoms. The number of benzene rings is 2. The fourth-order valence-corrected chi connectivity index (χ4v) is 3.05. The van der Waals surface area contributed by atoms with Crippen LogP contribution in [-0.2, 0) is 4.79 Å². The second-order valence-electron chi connectivity index (χ2n) is 6.01. The molecule has 0 atom stereocenters. The summed E-state index contributed by atoms with van der Waals surface area (Å²) in [6, 6.07) is 17.6. The first-order valence-corrected chi connectivity index (χ1v) is 8.36. The molecule has 2 heterocycles. The molecule has 0 saturated heterocycles. The number of aromatic nitrogens is 1. The van der Waals surface area contributed by atoms with Gasteiger partial charge in [-0.25, -0.2) is 0 Å². The van der Waals surface area contributed by atoms with Crippen molar-refractivity contribution in [1.82, 2.24) is 4.98 Å². The van der Waals surface area contributed by atoms with Crippen LogP contribution in [0.1, 0.15) is 22.4 Å². The van der Waals surface area contributed by atoms with Crippen LogP contribution in [-0.4, -0.2) is 18.0 Å². The van der Waals surface area contributed by atoms with Crippen molar-refractivity contribution in [2.75, 3.05) is 12.4 Å². The van der Waals surface area contributed by atoms with E-state index in [0.29, 0.717) is 5.57 Å². The van der Waals surface area contributed by atoms with Crippen molar-refractivity contribution in [2.45, 2.75) is 0 Å². The molecule has 1 aliphatic heterocycles. The first-order valence-electron chi connectivity index (χ1n) is 8.36. The van der Waals surface area contributed by atoms with Crippen molar-refractivity contribution in [3.8, 4) is 5.75 Å². The Balaban J connectivity index is 1.72. The highest BCUT2D eigenvalue weighted by atomic mass is 16.5. The summed E-state index contributed by atoms with van der Waals surface area (Å²) in [6.45, 7) is 0. The Morgan fingerprint density at radius 2 is 1.81 bits per heavy atom.